The molecule has 0 amide bonds. The van der Waals surface area contributed by atoms with Crippen LogP contribution in [0.2, 0.25) is 0 Å². The van der Waals surface area contributed by atoms with Crippen LogP contribution in [0.4, 0.5) is 46.5 Å². The molecule has 4 heterocycles. The van der Waals surface area contributed by atoms with Crippen molar-refractivity contribution < 1.29 is 9.47 Å². The van der Waals surface area contributed by atoms with Gasteiger partial charge in [0.25, 0.3) is 0 Å². The molecule has 0 spiro atoms. The second-order valence-electron chi connectivity index (χ2n) is 12.5. The lowest BCUT2D eigenvalue weighted by atomic mass is 10.1. The Kier molecular flexibility index (Phi) is 10.9. The van der Waals surface area contributed by atoms with Crippen LogP contribution in [-0.2, 0) is 9.47 Å². The summed E-state index contributed by atoms with van der Waals surface area (Å²) in [5.74, 6) is 1.89. The molecular weight excluding hydrogens is 681 g/mol. The van der Waals surface area contributed by atoms with Crippen LogP contribution in [0.15, 0.2) is 122 Å². The summed E-state index contributed by atoms with van der Waals surface area (Å²) in [6, 6.07) is 36.2. The monoisotopic (exact) mass is 720 g/mol. The van der Waals surface area contributed by atoms with Gasteiger partial charge in [0.2, 0.25) is 23.8 Å². The standard InChI is InChI=1S/C40H40N12O2/c1-3-7-31(8-4-1)47-37-43-27-45-39(49-37)51(35-25-41-21-23-53-35)33-17-13-29(14-18-33)11-12-30-15-19-34(20-16-30)52(36-26-42-22-24-54-36)40-46-28-44-38(50-40)48-32-9-5-2-6-10-32/h1-20,27-28,35-36,41-42H,21-26H2,(H,43,45,47,49)(H,44,46,48,50). The summed E-state index contributed by atoms with van der Waals surface area (Å²) >= 11 is 0. The smallest absolute Gasteiger partial charge is 0.236 e. The minimum atomic E-state index is -0.288. The molecule has 0 radical (unpaired) electrons. The van der Waals surface area contributed by atoms with E-state index in [9.17, 15) is 0 Å². The number of para-hydroxylation sites is 2. The van der Waals surface area contributed by atoms with Gasteiger partial charge in [-0.2, -0.15) is 9.97 Å². The van der Waals surface area contributed by atoms with Crippen LogP contribution in [-0.4, -0.2) is 81.8 Å². The maximum atomic E-state index is 6.17. The van der Waals surface area contributed by atoms with Crippen molar-refractivity contribution in [2.45, 2.75) is 12.5 Å². The van der Waals surface area contributed by atoms with Gasteiger partial charge in [-0.1, -0.05) is 72.8 Å². The molecule has 2 aromatic heterocycles. The van der Waals surface area contributed by atoms with Gasteiger partial charge in [0.15, 0.2) is 0 Å². The molecule has 4 N–H and O–H groups in total. The van der Waals surface area contributed by atoms with Gasteiger partial charge in [-0.05, 0) is 59.7 Å². The molecule has 2 aliphatic heterocycles. The van der Waals surface area contributed by atoms with E-state index < -0.39 is 0 Å². The van der Waals surface area contributed by atoms with Crippen molar-refractivity contribution in [3.8, 4) is 0 Å². The lowest BCUT2D eigenvalue weighted by Gasteiger charge is -2.34. The van der Waals surface area contributed by atoms with E-state index in [-0.39, 0.29) is 12.5 Å². The van der Waals surface area contributed by atoms with E-state index >= 15 is 0 Å². The van der Waals surface area contributed by atoms with Gasteiger partial charge in [0, 0.05) is 48.9 Å². The van der Waals surface area contributed by atoms with Gasteiger partial charge >= 0.3 is 0 Å². The van der Waals surface area contributed by atoms with Gasteiger partial charge in [-0.15, -0.1) is 0 Å². The van der Waals surface area contributed by atoms with Crippen LogP contribution in [0.3, 0.4) is 0 Å². The van der Waals surface area contributed by atoms with Crippen molar-refractivity contribution in [2.24, 2.45) is 0 Å². The molecule has 8 rings (SSSR count). The first-order valence-corrected chi connectivity index (χ1v) is 17.9. The van der Waals surface area contributed by atoms with Crippen molar-refractivity contribution in [1.82, 2.24) is 40.5 Å². The third-order valence-corrected chi connectivity index (χ3v) is 8.81. The highest BCUT2D eigenvalue weighted by Crippen LogP contribution is 2.30. The van der Waals surface area contributed by atoms with Crippen molar-refractivity contribution >= 4 is 58.7 Å². The zero-order valence-electron chi connectivity index (χ0n) is 29.5. The highest BCUT2D eigenvalue weighted by molar-refractivity contribution is 5.73. The number of nitrogens with zero attached hydrogens (tertiary/aromatic N) is 8. The van der Waals surface area contributed by atoms with E-state index in [0.717, 1.165) is 47.0 Å². The van der Waals surface area contributed by atoms with E-state index in [0.29, 0.717) is 50.1 Å². The van der Waals surface area contributed by atoms with Crippen LogP contribution < -0.4 is 31.1 Å². The number of benzene rings is 4. The molecule has 2 fully saturated rings. The number of ether oxygens (including phenoxy) is 2. The van der Waals surface area contributed by atoms with Gasteiger partial charge in [-0.3, -0.25) is 9.80 Å². The van der Waals surface area contributed by atoms with Crippen LogP contribution in [0.25, 0.3) is 12.2 Å². The molecule has 2 aliphatic rings. The highest BCUT2D eigenvalue weighted by Gasteiger charge is 2.27. The maximum Gasteiger partial charge on any atom is 0.236 e. The first kappa shape index (κ1) is 34.7. The summed E-state index contributed by atoms with van der Waals surface area (Å²) in [4.78, 5) is 31.3. The highest BCUT2D eigenvalue weighted by atomic mass is 16.5. The number of rotatable bonds is 12. The summed E-state index contributed by atoms with van der Waals surface area (Å²) in [6.45, 7) is 4.02. The number of hydrogen-bond donors (Lipinski definition) is 4. The molecule has 0 bridgehead atoms. The zero-order valence-corrected chi connectivity index (χ0v) is 29.5. The first-order chi connectivity index (χ1) is 26.7. The average Bonchev–Trinajstić information content (AvgIpc) is 3.23. The van der Waals surface area contributed by atoms with Gasteiger partial charge < -0.3 is 30.7 Å². The van der Waals surface area contributed by atoms with E-state index in [4.69, 9.17) is 19.4 Å². The van der Waals surface area contributed by atoms with Crippen LogP contribution in [0.5, 0.6) is 0 Å². The largest absolute Gasteiger partial charge is 0.355 e. The Morgan fingerprint density at radius 2 is 0.963 bits per heavy atom. The molecule has 54 heavy (non-hydrogen) atoms. The minimum Gasteiger partial charge on any atom is -0.355 e. The molecule has 0 aliphatic carbocycles. The van der Waals surface area contributed by atoms with E-state index in [1.807, 2.05) is 70.5 Å². The van der Waals surface area contributed by atoms with Crippen LogP contribution >= 0.6 is 0 Å². The Bertz CT molecular complexity index is 1960. The average molecular weight is 721 g/mol. The van der Waals surface area contributed by atoms with E-state index in [2.05, 4.69) is 102 Å². The second-order valence-corrected chi connectivity index (χ2v) is 12.5. The van der Waals surface area contributed by atoms with Gasteiger partial charge in [0.1, 0.15) is 25.1 Å². The summed E-state index contributed by atoms with van der Waals surface area (Å²) in [6.07, 6.45) is 6.64. The van der Waals surface area contributed by atoms with Crippen molar-refractivity contribution in [2.75, 3.05) is 59.8 Å². The molecular formula is C40H40N12O2. The number of hydrogen-bond acceptors (Lipinski definition) is 14. The quantitative estimate of drug-likeness (QED) is 0.111. The van der Waals surface area contributed by atoms with Crippen molar-refractivity contribution in [1.29, 1.82) is 0 Å². The second kappa shape index (κ2) is 17.0. The summed E-state index contributed by atoms with van der Waals surface area (Å²) in [7, 11) is 0. The fourth-order valence-corrected chi connectivity index (χ4v) is 6.17. The topological polar surface area (TPSA) is 150 Å². The van der Waals surface area contributed by atoms with E-state index in [1.165, 1.54) is 12.7 Å². The first-order valence-electron chi connectivity index (χ1n) is 17.9. The Morgan fingerprint density at radius 3 is 1.35 bits per heavy atom. The third kappa shape index (κ3) is 8.65. The molecule has 2 atom stereocenters. The fraction of sp³-hybridized carbons (Fsp3) is 0.200. The Hall–Kier alpha value is -6.32. The molecule has 4 aromatic carbocycles. The number of aromatic nitrogens is 6. The van der Waals surface area contributed by atoms with Crippen LogP contribution in [0, 0.1) is 0 Å². The van der Waals surface area contributed by atoms with E-state index in [1.54, 1.807) is 0 Å². The van der Waals surface area contributed by atoms with Crippen LogP contribution in [0.1, 0.15) is 11.1 Å². The van der Waals surface area contributed by atoms with Crippen molar-refractivity contribution in [3.63, 3.8) is 0 Å². The minimum absolute atomic E-state index is 0.288. The van der Waals surface area contributed by atoms with Crippen molar-refractivity contribution in [3.05, 3.63) is 133 Å². The molecule has 272 valence electrons. The number of anilines is 8. The predicted octanol–water partition coefficient (Wildman–Crippen LogP) is 5.88. The summed E-state index contributed by atoms with van der Waals surface area (Å²) in [5.41, 5.74) is 5.68. The van der Waals surface area contributed by atoms with Gasteiger partial charge in [0.05, 0.1) is 13.2 Å². The Balaban J connectivity index is 0.993. The van der Waals surface area contributed by atoms with Gasteiger partial charge in [-0.25, -0.2) is 19.9 Å². The Labute approximate surface area is 313 Å². The molecule has 0 saturated carbocycles. The Morgan fingerprint density at radius 1 is 0.537 bits per heavy atom. The normalized spacial score (nSPS) is 17.2. The molecule has 2 saturated heterocycles. The maximum absolute atomic E-state index is 6.17. The zero-order chi connectivity index (χ0) is 36.4. The lowest BCUT2D eigenvalue weighted by Crippen LogP contribution is -2.48. The molecule has 14 heteroatoms. The summed E-state index contributed by atoms with van der Waals surface area (Å²) in [5, 5.41) is 13.4. The third-order valence-electron chi connectivity index (χ3n) is 8.81. The predicted molar refractivity (Wildman–Crippen MR) is 210 cm³/mol. The fourth-order valence-electron chi connectivity index (χ4n) is 6.17. The molecule has 2 unspecified atom stereocenters. The lowest BCUT2D eigenvalue weighted by molar-refractivity contribution is 0.0323. The number of morpholine rings is 2. The molecule has 6 aromatic rings. The number of nitrogens with one attached hydrogen (secondary N) is 4. The molecule has 14 nitrogen and oxygen atoms in total. The SMILES string of the molecule is C(=Cc1ccc(N(c2ncnc(Nc3ccccc3)n2)C2CNCCO2)cc1)c1ccc(N(c2ncnc(Nc3ccccc3)n2)C2CNCCO2)cc1. The summed E-state index contributed by atoms with van der Waals surface area (Å²) < 4.78 is 12.3.